The van der Waals surface area contributed by atoms with Crippen molar-refractivity contribution in [2.45, 2.75) is 37.3 Å². The van der Waals surface area contributed by atoms with Gasteiger partial charge in [0, 0.05) is 43.1 Å². The number of likely N-dealkylation sites (tertiary alicyclic amines) is 1. The fourth-order valence-electron chi connectivity index (χ4n) is 5.06. The lowest BCUT2D eigenvalue weighted by Crippen LogP contribution is -2.36. The van der Waals surface area contributed by atoms with Crippen molar-refractivity contribution >= 4 is 11.8 Å². The number of amides is 1. The van der Waals surface area contributed by atoms with E-state index in [-0.39, 0.29) is 30.7 Å². The van der Waals surface area contributed by atoms with Gasteiger partial charge in [-0.25, -0.2) is 9.18 Å². The Balaban J connectivity index is 1.22. The molecule has 0 unspecified atom stereocenters. The highest BCUT2D eigenvalue weighted by molar-refractivity contribution is 5.87. The summed E-state index contributed by atoms with van der Waals surface area (Å²) in [5, 5.41) is 24.3. The van der Waals surface area contributed by atoms with Crippen LogP contribution in [-0.2, 0) is 11.3 Å². The van der Waals surface area contributed by atoms with Gasteiger partial charge in [-0.15, -0.1) is 0 Å². The zero-order chi connectivity index (χ0) is 21.6. The van der Waals surface area contributed by atoms with Crippen molar-refractivity contribution in [3.05, 3.63) is 59.4 Å². The Morgan fingerprint density at radius 2 is 2.13 bits per heavy atom. The zero-order valence-corrected chi connectivity index (χ0v) is 17.0. The van der Waals surface area contributed by atoms with Crippen LogP contribution in [0.4, 0.5) is 14.9 Å². The normalized spacial score (nSPS) is 28.4. The number of rotatable bonds is 5. The number of cyclic esters (lactones) is 1. The molecule has 164 valence electrons. The van der Waals surface area contributed by atoms with Gasteiger partial charge in [0.05, 0.1) is 17.4 Å². The number of β-amino-alcohol motifs (C(OH)–C–C–N with tert-alkyl or cyclic N) is 2. The summed E-state index contributed by atoms with van der Waals surface area (Å²) in [7, 11) is 0. The lowest BCUT2D eigenvalue weighted by atomic mass is 9.95. The molecule has 31 heavy (non-hydrogen) atoms. The first-order valence-electron chi connectivity index (χ1n) is 10.5. The predicted octanol–water partition coefficient (Wildman–Crippen LogP) is 2.83. The summed E-state index contributed by atoms with van der Waals surface area (Å²) in [6.45, 7) is 1.28. The molecule has 1 saturated carbocycles. The number of carbonyl (C=O) groups excluding carboxylic acids is 1. The Bertz CT molecular complexity index is 987. The second kappa shape index (κ2) is 7.78. The van der Waals surface area contributed by atoms with E-state index in [1.165, 1.54) is 12.1 Å². The molecular formula is C23H25FN2O5. The molecule has 1 amide bonds. The van der Waals surface area contributed by atoms with E-state index in [0.717, 1.165) is 12.2 Å². The Kier molecular flexibility index (Phi) is 5.08. The summed E-state index contributed by atoms with van der Waals surface area (Å²) >= 11 is 0. The number of carbonyl (C=O) groups is 1. The van der Waals surface area contributed by atoms with E-state index in [1.807, 2.05) is 35.2 Å². The van der Waals surface area contributed by atoms with E-state index in [4.69, 9.17) is 9.47 Å². The van der Waals surface area contributed by atoms with E-state index < -0.39 is 23.6 Å². The average Bonchev–Trinajstić information content (AvgIpc) is 3.18. The minimum atomic E-state index is -1.05. The van der Waals surface area contributed by atoms with Crippen molar-refractivity contribution in [1.82, 2.24) is 4.90 Å². The molecule has 2 aliphatic heterocycles. The quantitative estimate of drug-likeness (QED) is 0.679. The van der Waals surface area contributed by atoms with Gasteiger partial charge in [-0.2, -0.15) is 0 Å². The van der Waals surface area contributed by atoms with Crippen LogP contribution in [0.5, 0.6) is 5.75 Å². The van der Waals surface area contributed by atoms with Crippen LogP contribution in [0.25, 0.3) is 0 Å². The van der Waals surface area contributed by atoms with Gasteiger partial charge in [0.25, 0.3) is 0 Å². The molecule has 2 aromatic carbocycles. The van der Waals surface area contributed by atoms with Gasteiger partial charge in [-0.3, -0.25) is 10.2 Å². The number of nitrogens with zero attached hydrogens (tertiary/aromatic N) is 1. The summed E-state index contributed by atoms with van der Waals surface area (Å²) in [6.07, 6.45) is -0.447. The molecule has 4 atom stereocenters. The lowest BCUT2D eigenvalue weighted by molar-refractivity contribution is 0.0177. The molecule has 3 N–H and O–H groups in total. The summed E-state index contributed by atoms with van der Waals surface area (Å²) < 4.78 is 25.5. The van der Waals surface area contributed by atoms with Crippen molar-refractivity contribution in [3.63, 3.8) is 0 Å². The van der Waals surface area contributed by atoms with Crippen molar-refractivity contribution in [2.24, 2.45) is 5.92 Å². The van der Waals surface area contributed by atoms with Crippen molar-refractivity contribution in [1.29, 1.82) is 0 Å². The van der Waals surface area contributed by atoms with E-state index in [1.54, 1.807) is 0 Å². The minimum absolute atomic E-state index is 0.0372. The van der Waals surface area contributed by atoms with Crippen molar-refractivity contribution in [2.75, 3.05) is 25.0 Å². The van der Waals surface area contributed by atoms with Gasteiger partial charge in [-0.1, -0.05) is 18.2 Å². The van der Waals surface area contributed by atoms with E-state index in [2.05, 4.69) is 5.32 Å². The molecule has 8 heteroatoms. The van der Waals surface area contributed by atoms with Crippen LogP contribution in [0.1, 0.15) is 30.1 Å². The fourth-order valence-corrected chi connectivity index (χ4v) is 5.06. The third-order valence-corrected chi connectivity index (χ3v) is 6.52. The second-order valence-electron chi connectivity index (χ2n) is 8.74. The largest absolute Gasteiger partial charge is 0.490 e. The molecule has 2 heterocycles. The molecule has 0 spiro atoms. The first kappa shape index (κ1) is 20.2. The molecule has 2 fully saturated rings. The highest BCUT2D eigenvalue weighted by Crippen LogP contribution is 2.43. The maximum atomic E-state index is 14.6. The van der Waals surface area contributed by atoms with E-state index in [9.17, 15) is 19.4 Å². The number of hydrogen-bond acceptors (Lipinski definition) is 6. The molecule has 2 aromatic rings. The molecule has 1 saturated heterocycles. The highest BCUT2D eigenvalue weighted by atomic mass is 19.1. The third-order valence-electron chi connectivity index (χ3n) is 6.52. The number of benzene rings is 2. The molecular weight excluding hydrogens is 403 g/mol. The number of halogens is 1. The molecule has 3 aliphatic rings. The number of aliphatic hydroxyl groups excluding tert-OH is 1. The van der Waals surface area contributed by atoms with Gasteiger partial charge in [-0.05, 0) is 30.7 Å². The molecule has 7 nitrogen and oxygen atoms in total. The van der Waals surface area contributed by atoms with Gasteiger partial charge in [0.1, 0.15) is 24.3 Å². The Hall–Kier alpha value is -2.68. The smallest absolute Gasteiger partial charge is 0.411 e. The Morgan fingerprint density at radius 3 is 2.90 bits per heavy atom. The molecule has 0 radical (unpaired) electrons. The van der Waals surface area contributed by atoms with Crippen LogP contribution >= 0.6 is 0 Å². The number of hydrogen-bond donors (Lipinski definition) is 3. The fraction of sp³-hybridized carbons (Fsp3) is 0.435. The van der Waals surface area contributed by atoms with E-state index in [0.29, 0.717) is 30.8 Å². The lowest BCUT2D eigenvalue weighted by Gasteiger charge is -2.26. The third kappa shape index (κ3) is 3.98. The summed E-state index contributed by atoms with van der Waals surface area (Å²) in [6, 6.07) is 12.3. The monoisotopic (exact) mass is 428 g/mol. The number of anilines is 1. The van der Waals surface area contributed by atoms with Crippen LogP contribution in [0.3, 0.4) is 0 Å². The first-order chi connectivity index (χ1) is 14.9. The number of ether oxygens (including phenoxy) is 2. The minimum Gasteiger partial charge on any atom is -0.490 e. The number of para-hydroxylation sites is 1. The first-order valence-corrected chi connectivity index (χ1v) is 10.5. The van der Waals surface area contributed by atoms with Crippen LogP contribution in [0.15, 0.2) is 42.5 Å². The van der Waals surface area contributed by atoms with Gasteiger partial charge in [0.15, 0.2) is 0 Å². The number of aliphatic hydroxyl groups is 2. The van der Waals surface area contributed by atoms with Crippen molar-refractivity contribution in [3.8, 4) is 5.75 Å². The average molecular weight is 428 g/mol. The molecule has 0 aromatic heterocycles. The molecule has 0 bridgehead atoms. The Labute approximate surface area is 179 Å². The van der Waals surface area contributed by atoms with Crippen LogP contribution in [0, 0.1) is 11.7 Å². The summed E-state index contributed by atoms with van der Waals surface area (Å²) in [5.41, 5.74) is 0.269. The topological polar surface area (TPSA) is 91.3 Å². The van der Waals surface area contributed by atoms with Crippen LogP contribution in [0.2, 0.25) is 0 Å². The highest BCUT2D eigenvalue weighted by Gasteiger charge is 2.52. The number of nitrogens with one attached hydrogen (secondary N) is 1. The number of fused-ring (bicyclic) bond motifs is 2. The predicted molar refractivity (Wildman–Crippen MR) is 110 cm³/mol. The Morgan fingerprint density at radius 1 is 1.32 bits per heavy atom. The molecule has 5 rings (SSSR count). The second-order valence-corrected chi connectivity index (χ2v) is 8.74. The maximum absolute atomic E-state index is 14.6. The standard InChI is InChI=1S/C23H25FN2O5/c24-19-8-20-14(12-30-22(28)25-20)6-18(19)21(27)11-26-10-15-7-17(9-23(15,29)13-26)31-16-4-2-1-3-5-16/h1-6,8,15,17,21,27,29H,7,9-13H2,(H,25,28)/t15-,17+,21-,23-/m1/s1. The van der Waals surface area contributed by atoms with Crippen LogP contribution < -0.4 is 10.1 Å². The van der Waals surface area contributed by atoms with Gasteiger partial charge in [0.2, 0.25) is 0 Å². The van der Waals surface area contributed by atoms with Gasteiger partial charge >= 0.3 is 6.09 Å². The zero-order valence-electron chi connectivity index (χ0n) is 17.0. The maximum Gasteiger partial charge on any atom is 0.411 e. The van der Waals surface area contributed by atoms with Crippen molar-refractivity contribution < 1.29 is 28.9 Å². The summed E-state index contributed by atoms with van der Waals surface area (Å²) in [5.74, 6) is 0.264. The summed E-state index contributed by atoms with van der Waals surface area (Å²) in [4.78, 5) is 13.3. The van der Waals surface area contributed by atoms with E-state index >= 15 is 0 Å². The SMILES string of the molecule is O=C1Nc2cc(F)c([C@H](O)CN3C[C@H]4C[C@H](Oc5ccccc5)C[C@@]4(O)C3)cc2CO1. The molecule has 1 aliphatic carbocycles. The van der Waals surface area contributed by atoms with Gasteiger partial charge < -0.3 is 19.7 Å². The van der Waals surface area contributed by atoms with Crippen LogP contribution in [-0.4, -0.2) is 52.5 Å².